The summed E-state index contributed by atoms with van der Waals surface area (Å²) in [6, 6.07) is 0. The second-order valence-corrected chi connectivity index (χ2v) is 22.3. The van der Waals surface area contributed by atoms with Gasteiger partial charge in [0.1, 0.15) is 13.2 Å². The summed E-state index contributed by atoms with van der Waals surface area (Å²) >= 11 is 0. The lowest BCUT2D eigenvalue weighted by Crippen LogP contribution is -2.30. The van der Waals surface area contributed by atoms with Gasteiger partial charge in [0.05, 0.1) is 0 Å². The molecule has 0 fully saturated rings. The zero-order chi connectivity index (χ0) is 59.2. The van der Waals surface area contributed by atoms with Gasteiger partial charge in [0.25, 0.3) is 0 Å². The van der Waals surface area contributed by atoms with Gasteiger partial charge in [-0.1, -0.05) is 296 Å². The maximum atomic E-state index is 12.9. The molecule has 0 spiro atoms. The average Bonchev–Trinajstić information content (AvgIpc) is 3.47. The molecule has 0 aromatic rings. The van der Waals surface area contributed by atoms with Crippen molar-refractivity contribution in [2.75, 3.05) is 13.2 Å². The third-order valence-corrected chi connectivity index (χ3v) is 14.4. The largest absolute Gasteiger partial charge is 0.462 e. The van der Waals surface area contributed by atoms with Crippen molar-refractivity contribution in [3.05, 3.63) is 134 Å². The van der Waals surface area contributed by atoms with Crippen molar-refractivity contribution in [1.29, 1.82) is 0 Å². The van der Waals surface area contributed by atoms with E-state index in [-0.39, 0.29) is 37.5 Å². The molecule has 6 nitrogen and oxygen atoms in total. The van der Waals surface area contributed by atoms with Gasteiger partial charge < -0.3 is 14.2 Å². The van der Waals surface area contributed by atoms with Crippen LogP contribution >= 0.6 is 0 Å². The van der Waals surface area contributed by atoms with Crippen molar-refractivity contribution < 1.29 is 28.6 Å². The molecule has 6 heteroatoms. The molecular weight excluding hydrogens is 1010 g/mol. The first-order valence-corrected chi connectivity index (χ1v) is 34.2. The van der Waals surface area contributed by atoms with Crippen molar-refractivity contribution >= 4 is 17.9 Å². The van der Waals surface area contributed by atoms with E-state index >= 15 is 0 Å². The number of rotatable bonds is 61. The van der Waals surface area contributed by atoms with E-state index < -0.39 is 6.10 Å². The second kappa shape index (κ2) is 69.0. The molecule has 0 aromatic heterocycles. The maximum absolute atomic E-state index is 12.9. The van der Waals surface area contributed by atoms with Crippen LogP contribution in [0.2, 0.25) is 0 Å². The van der Waals surface area contributed by atoms with Crippen LogP contribution in [0.25, 0.3) is 0 Å². The lowest BCUT2D eigenvalue weighted by molar-refractivity contribution is -0.167. The van der Waals surface area contributed by atoms with Crippen LogP contribution < -0.4 is 0 Å². The summed E-state index contributed by atoms with van der Waals surface area (Å²) in [4.78, 5) is 38.4. The van der Waals surface area contributed by atoms with Gasteiger partial charge in [-0.2, -0.15) is 0 Å². The Morgan fingerprint density at radius 1 is 0.256 bits per heavy atom. The normalized spacial score (nSPS) is 13.0. The zero-order valence-corrected chi connectivity index (χ0v) is 53.5. The number of carbonyl (C=O) groups is 3. The quantitative estimate of drug-likeness (QED) is 0.0261. The van der Waals surface area contributed by atoms with Gasteiger partial charge in [0, 0.05) is 19.3 Å². The summed E-state index contributed by atoms with van der Waals surface area (Å²) in [7, 11) is 0. The highest BCUT2D eigenvalue weighted by atomic mass is 16.6. The van der Waals surface area contributed by atoms with E-state index in [4.69, 9.17) is 14.2 Å². The minimum absolute atomic E-state index is 0.106. The molecule has 0 saturated carbocycles. The lowest BCUT2D eigenvalue weighted by atomic mass is 10.0. The van der Waals surface area contributed by atoms with Crippen LogP contribution in [-0.2, 0) is 28.6 Å². The van der Waals surface area contributed by atoms with E-state index in [2.05, 4.69) is 154 Å². The van der Waals surface area contributed by atoms with Crippen LogP contribution in [0.1, 0.15) is 310 Å². The van der Waals surface area contributed by atoms with Gasteiger partial charge >= 0.3 is 17.9 Å². The van der Waals surface area contributed by atoms with Gasteiger partial charge in [-0.15, -0.1) is 0 Å². The van der Waals surface area contributed by atoms with Crippen LogP contribution in [0, 0.1) is 0 Å². The highest BCUT2D eigenvalue weighted by Crippen LogP contribution is 2.16. The molecule has 466 valence electrons. The summed E-state index contributed by atoms with van der Waals surface area (Å²) in [5.74, 6) is -0.972. The van der Waals surface area contributed by atoms with Crippen molar-refractivity contribution in [3.63, 3.8) is 0 Å². The van der Waals surface area contributed by atoms with Crippen LogP contribution in [0.15, 0.2) is 134 Å². The van der Waals surface area contributed by atoms with E-state index in [0.29, 0.717) is 19.3 Å². The smallest absolute Gasteiger partial charge is 0.306 e. The van der Waals surface area contributed by atoms with E-state index in [1.807, 2.05) is 0 Å². The molecule has 1 unspecified atom stereocenters. The zero-order valence-electron chi connectivity index (χ0n) is 53.5. The SMILES string of the molecule is CC/C=C\C/C=C\C/C=C\C/C=C\C/C=C\CCCC(=O)OC(COC(=O)CCCCCCC/C=C\C/C=C\CCCCCC)COC(=O)CCCCCCCCCCCCCCCCCCCC/C=C\C/C=C\C/C=C\C/C=C\CC. The summed E-state index contributed by atoms with van der Waals surface area (Å²) in [6.45, 7) is 6.36. The average molecular weight is 1140 g/mol. The van der Waals surface area contributed by atoms with Gasteiger partial charge in [0.2, 0.25) is 0 Å². The summed E-state index contributed by atoms with van der Waals surface area (Å²) in [5.41, 5.74) is 0. The highest BCUT2D eigenvalue weighted by molar-refractivity contribution is 5.71. The van der Waals surface area contributed by atoms with E-state index in [9.17, 15) is 14.4 Å². The number of esters is 3. The Bertz CT molecular complexity index is 1730. The monoisotopic (exact) mass is 1130 g/mol. The number of allylic oxidation sites excluding steroid dienone is 22. The minimum atomic E-state index is -0.818. The topological polar surface area (TPSA) is 78.9 Å². The van der Waals surface area contributed by atoms with Crippen LogP contribution in [0.3, 0.4) is 0 Å². The van der Waals surface area contributed by atoms with Crippen LogP contribution in [-0.4, -0.2) is 37.2 Å². The molecule has 0 aliphatic heterocycles. The maximum Gasteiger partial charge on any atom is 0.306 e. The molecule has 0 radical (unpaired) electrons. The molecule has 0 aliphatic rings. The number of unbranched alkanes of at least 4 members (excludes halogenated alkanes) is 28. The molecule has 0 N–H and O–H groups in total. The molecule has 0 saturated heterocycles. The van der Waals surface area contributed by atoms with Crippen molar-refractivity contribution in [3.8, 4) is 0 Å². The van der Waals surface area contributed by atoms with E-state index in [1.165, 1.54) is 135 Å². The number of ether oxygens (including phenoxy) is 3. The summed E-state index contributed by atoms with van der Waals surface area (Å²) in [6.07, 6.45) is 97.7. The fourth-order valence-corrected chi connectivity index (χ4v) is 9.32. The predicted octanol–water partition coefficient (Wildman–Crippen LogP) is 23.7. The summed E-state index contributed by atoms with van der Waals surface area (Å²) < 4.78 is 16.9. The Morgan fingerprint density at radius 2 is 0.488 bits per heavy atom. The summed E-state index contributed by atoms with van der Waals surface area (Å²) in [5, 5.41) is 0. The van der Waals surface area contributed by atoms with E-state index in [1.54, 1.807) is 0 Å². The fraction of sp³-hybridized carbons (Fsp3) is 0.671. The first kappa shape index (κ1) is 77.5. The Kier molecular flexibility index (Phi) is 65.3. The van der Waals surface area contributed by atoms with Gasteiger partial charge in [-0.25, -0.2) is 0 Å². The molecule has 0 aliphatic carbocycles. The lowest BCUT2D eigenvalue weighted by Gasteiger charge is -2.18. The van der Waals surface area contributed by atoms with Gasteiger partial charge in [-0.05, 0) is 128 Å². The van der Waals surface area contributed by atoms with Gasteiger partial charge in [-0.3, -0.25) is 14.4 Å². The number of hydrogen-bond donors (Lipinski definition) is 0. The first-order valence-electron chi connectivity index (χ1n) is 34.2. The fourth-order valence-electron chi connectivity index (χ4n) is 9.32. The Morgan fingerprint density at radius 3 is 0.780 bits per heavy atom. The molecule has 0 bridgehead atoms. The van der Waals surface area contributed by atoms with E-state index in [0.717, 1.165) is 128 Å². The third kappa shape index (κ3) is 66.4. The number of carbonyl (C=O) groups excluding carboxylic acids is 3. The van der Waals surface area contributed by atoms with Crippen molar-refractivity contribution in [2.45, 2.75) is 316 Å². The Labute approximate surface area is 506 Å². The number of hydrogen-bond acceptors (Lipinski definition) is 6. The molecular formula is C76H126O6. The molecule has 0 amide bonds. The Balaban J connectivity index is 4.31. The molecule has 1 atom stereocenters. The van der Waals surface area contributed by atoms with Crippen LogP contribution in [0.4, 0.5) is 0 Å². The second-order valence-electron chi connectivity index (χ2n) is 22.3. The third-order valence-electron chi connectivity index (χ3n) is 14.4. The molecule has 0 rings (SSSR count). The highest BCUT2D eigenvalue weighted by Gasteiger charge is 2.19. The Hall–Kier alpha value is -4.45. The molecule has 0 heterocycles. The van der Waals surface area contributed by atoms with Gasteiger partial charge in [0.15, 0.2) is 6.10 Å². The standard InChI is InChI=1S/C76H126O6/c1-4-7-10-13-16-19-22-25-28-31-32-33-34-35-36-37-38-39-40-41-42-43-44-46-48-51-54-57-60-63-66-69-75(78)81-72-73(71-80-74(77)68-65-62-59-56-53-50-47-30-27-24-21-18-15-12-9-6-3)82-76(79)70-67-64-61-58-55-52-49-45-29-26-23-20-17-14-11-8-5-2/h7-8,10-11,16-17,19-21,24-26,28-30,32-33,47,49,52,58,61,73H,4-6,9,12-15,18,22-23,27,31,34-46,48,50-51,53-57,59-60,62-72H2,1-3H3/b10-7-,11-8-,19-16-,20-17-,24-21-,28-25-,29-26-,33-32-,47-30-,52-49-,61-58-. The molecule has 0 aromatic carbocycles. The van der Waals surface area contributed by atoms with Crippen molar-refractivity contribution in [2.24, 2.45) is 0 Å². The first-order chi connectivity index (χ1) is 40.5. The van der Waals surface area contributed by atoms with Crippen LogP contribution in [0.5, 0.6) is 0 Å². The predicted molar refractivity (Wildman–Crippen MR) is 357 cm³/mol. The minimum Gasteiger partial charge on any atom is -0.462 e. The molecule has 82 heavy (non-hydrogen) atoms. The van der Waals surface area contributed by atoms with Crippen molar-refractivity contribution in [1.82, 2.24) is 0 Å².